The Morgan fingerprint density at radius 2 is 1.83 bits per heavy atom. The molecule has 1 aliphatic rings. The standard InChI is InChI=1S/C14H24F3O4S2/c1-2-3-9-13(18)11-22(10-12-7-5-4-6-8-12)21-23(19,20)14(15,16)17/h12H,2-11H2,1H3/q+1. The van der Waals surface area contributed by atoms with Crippen molar-refractivity contribution < 1.29 is 30.0 Å². The van der Waals surface area contributed by atoms with E-state index in [1.165, 1.54) is 0 Å². The third kappa shape index (κ3) is 7.43. The van der Waals surface area contributed by atoms with Crippen LogP contribution >= 0.6 is 0 Å². The minimum absolute atomic E-state index is 0.134. The zero-order valence-corrected chi connectivity index (χ0v) is 14.9. The van der Waals surface area contributed by atoms with Gasteiger partial charge in [-0.3, -0.25) is 4.79 Å². The molecule has 23 heavy (non-hydrogen) atoms. The lowest BCUT2D eigenvalue weighted by molar-refractivity contribution is -0.116. The number of rotatable bonds is 9. The fourth-order valence-corrected chi connectivity index (χ4v) is 5.74. The number of carbonyl (C=O) groups excluding carboxylic acids is 1. The Bertz CT molecular complexity index is 471. The van der Waals surface area contributed by atoms with Gasteiger partial charge in [-0.1, -0.05) is 32.6 Å². The van der Waals surface area contributed by atoms with Crippen LogP contribution in [0.3, 0.4) is 0 Å². The van der Waals surface area contributed by atoms with E-state index in [1.807, 2.05) is 6.92 Å². The van der Waals surface area contributed by atoms with E-state index < -0.39 is 26.8 Å². The topological polar surface area (TPSA) is 60.4 Å². The third-order valence-electron chi connectivity index (χ3n) is 3.75. The number of carbonyl (C=O) groups is 1. The van der Waals surface area contributed by atoms with E-state index in [2.05, 4.69) is 3.63 Å². The highest BCUT2D eigenvalue weighted by molar-refractivity contribution is 8.03. The Kier molecular flexibility index (Phi) is 8.37. The first kappa shape index (κ1) is 20.8. The second-order valence-electron chi connectivity index (χ2n) is 5.87. The summed E-state index contributed by atoms with van der Waals surface area (Å²) in [4.78, 5) is 11.8. The second-order valence-corrected chi connectivity index (χ2v) is 9.28. The van der Waals surface area contributed by atoms with E-state index >= 15 is 0 Å². The highest BCUT2D eigenvalue weighted by atomic mass is 32.3. The third-order valence-corrected chi connectivity index (χ3v) is 7.29. The molecule has 1 fully saturated rings. The largest absolute Gasteiger partial charge is 0.527 e. The molecule has 0 aromatic heterocycles. The number of hydrogen-bond acceptors (Lipinski definition) is 4. The fraction of sp³-hybridized carbons (Fsp3) is 0.929. The molecule has 0 amide bonds. The molecule has 136 valence electrons. The molecule has 0 heterocycles. The Balaban J connectivity index is 2.72. The summed E-state index contributed by atoms with van der Waals surface area (Å²) in [5.74, 6) is -0.128. The predicted molar refractivity (Wildman–Crippen MR) is 84.3 cm³/mol. The van der Waals surface area contributed by atoms with Crippen molar-refractivity contribution in [3.05, 3.63) is 0 Å². The zero-order chi connectivity index (χ0) is 17.5. The summed E-state index contributed by atoms with van der Waals surface area (Å²) in [6.45, 7) is 1.90. The molecule has 1 atom stereocenters. The van der Waals surface area contributed by atoms with Gasteiger partial charge in [0.05, 0.1) is 0 Å². The highest BCUT2D eigenvalue weighted by Gasteiger charge is 2.53. The van der Waals surface area contributed by atoms with Gasteiger partial charge >= 0.3 is 15.6 Å². The van der Waals surface area contributed by atoms with Gasteiger partial charge < -0.3 is 0 Å². The number of halogens is 3. The zero-order valence-electron chi connectivity index (χ0n) is 13.2. The van der Waals surface area contributed by atoms with Crippen molar-refractivity contribution in [3.63, 3.8) is 0 Å². The van der Waals surface area contributed by atoms with Gasteiger partial charge in [-0.2, -0.15) is 21.6 Å². The maximum absolute atomic E-state index is 12.5. The van der Waals surface area contributed by atoms with Crippen LogP contribution in [0.25, 0.3) is 0 Å². The van der Waals surface area contributed by atoms with E-state index in [0.29, 0.717) is 6.42 Å². The highest BCUT2D eigenvalue weighted by Crippen LogP contribution is 2.30. The molecule has 1 unspecified atom stereocenters. The van der Waals surface area contributed by atoms with E-state index in [9.17, 15) is 26.4 Å². The molecule has 1 rings (SSSR count). The summed E-state index contributed by atoms with van der Waals surface area (Å²) in [6, 6.07) is 0. The molecular weight excluding hydrogens is 353 g/mol. The normalized spacial score (nSPS) is 18.8. The lowest BCUT2D eigenvalue weighted by Crippen LogP contribution is -2.34. The Morgan fingerprint density at radius 3 is 2.35 bits per heavy atom. The smallest absolute Gasteiger partial charge is 0.294 e. The first-order chi connectivity index (χ1) is 10.7. The quantitative estimate of drug-likeness (QED) is 0.454. The van der Waals surface area contributed by atoms with Crippen molar-refractivity contribution in [2.24, 2.45) is 5.92 Å². The number of Topliss-reactive ketones (excluding diaryl/α,β-unsaturated/α-hetero) is 1. The first-order valence-corrected chi connectivity index (χ1v) is 10.8. The first-order valence-electron chi connectivity index (χ1n) is 7.86. The lowest BCUT2D eigenvalue weighted by Gasteiger charge is -2.20. The van der Waals surface area contributed by atoms with Crippen LogP contribution in [0.15, 0.2) is 0 Å². The lowest BCUT2D eigenvalue weighted by atomic mass is 9.91. The van der Waals surface area contributed by atoms with Crippen LogP contribution in [0.2, 0.25) is 0 Å². The van der Waals surface area contributed by atoms with Crippen LogP contribution in [-0.4, -0.2) is 31.2 Å². The molecule has 0 aromatic rings. The van der Waals surface area contributed by atoms with Crippen molar-refractivity contribution in [2.45, 2.75) is 63.8 Å². The Hall–Kier alpha value is -0.280. The molecule has 9 heteroatoms. The maximum atomic E-state index is 12.5. The average Bonchev–Trinajstić information content (AvgIpc) is 2.44. The molecule has 1 aliphatic carbocycles. The van der Waals surface area contributed by atoms with E-state index in [1.54, 1.807) is 0 Å². The van der Waals surface area contributed by atoms with Gasteiger partial charge in [-0.15, -0.1) is 0 Å². The van der Waals surface area contributed by atoms with Crippen molar-refractivity contribution >= 4 is 27.1 Å². The average molecular weight is 377 g/mol. The Morgan fingerprint density at radius 1 is 1.22 bits per heavy atom. The van der Waals surface area contributed by atoms with Crippen LogP contribution in [0, 0.1) is 5.92 Å². The van der Waals surface area contributed by atoms with Crippen LogP contribution in [0.1, 0.15) is 58.3 Å². The van der Waals surface area contributed by atoms with Crippen LogP contribution in [-0.2, 0) is 29.7 Å². The van der Waals surface area contributed by atoms with Gasteiger partial charge in [-0.25, -0.2) is 0 Å². The molecule has 0 spiro atoms. The molecule has 0 saturated heterocycles. The van der Waals surface area contributed by atoms with Crippen molar-refractivity contribution in [1.82, 2.24) is 0 Å². The summed E-state index contributed by atoms with van der Waals surface area (Å²) in [7, 11) is -5.65. The van der Waals surface area contributed by atoms with E-state index in [0.717, 1.165) is 38.5 Å². The van der Waals surface area contributed by atoms with Gasteiger partial charge in [0.25, 0.3) is 0 Å². The predicted octanol–water partition coefficient (Wildman–Crippen LogP) is 3.73. The summed E-state index contributed by atoms with van der Waals surface area (Å²) in [5.41, 5.74) is -5.45. The molecule has 0 radical (unpaired) electrons. The minimum Gasteiger partial charge on any atom is -0.294 e. The molecule has 0 bridgehead atoms. The van der Waals surface area contributed by atoms with Gasteiger partial charge in [0, 0.05) is 12.3 Å². The molecule has 0 aliphatic heterocycles. The molecule has 1 saturated carbocycles. The fourth-order valence-electron chi connectivity index (χ4n) is 2.52. The van der Waals surface area contributed by atoms with Gasteiger partial charge in [0.2, 0.25) is 5.75 Å². The number of alkyl halides is 3. The van der Waals surface area contributed by atoms with Crippen LogP contribution in [0.5, 0.6) is 0 Å². The summed E-state index contributed by atoms with van der Waals surface area (Å²) < 4.78 is 64.5. The van der Waals surface area contributed by atoms with E-state index in [-0.39, 0.29) is 29.6 Å². The summed E-state index contributed by atoms with van der Waals surface area (Å²) >= 11 is -1.53. The van der Waals surface area contributed by atoms with Crippen molar-refractivity contribution in [1.29, 1.82) is 0 Å². The Labute approximate surface area is 138 Å². The SMILES string of the molecule is CCCCC(=O)C[S+](CC1CCCCC1)OS(=O)(=O)C(F)(F)F. The molecule has 0 N–H and O–H groups in total. The number of unbranched alkanes of at least 4 members (excludes halogenated alkanes) is 1. The van der Waals surface area contributed by atoms with Gasteiger partial charge in [0.15, 0.2) is 17.0 Å². The molecule has 0 aromatic carbocycles. The number of hydrogen-bond donors (Lipinski definition) is 0. The van der Waals surface area contributed by atoms with Crippen molar-refractivity contribution in [3.8, 4) is 0 Å². The summed E-state index contributed by atoms with van der Waals surface area (Å²) in [5, 5.41) is 0. The maximum Gasteiger partial charge on any atom is 0.527 e. The van der Waals surface area contributed by atoms with Crippen molar-refractivity contribution in [2.75, 3.05) is 11.5 Å². The van der Waals surface area contributed by atoms with E-state index in [4.69, 9.17) is 0 Å². The molecule has 4 nitrogen and oxygen atoms in total. The van der Waals surface area contributed by atoms with Gasteiger partial charge in [0.1, 0.15) is 5.75 Å². The van der Waals surface area contributed by atoms with Crippen LogP contribution in [0.4, 0.5) is 13.2 Å². The summed E-state index contributed by atoms with van der Waals surface area (Å²) in [6.07, 6.45) is 6.44. The molecular formula is C14H24F3O4S2+. The monoisotopic (exact) mass is 377 g/mol. The minimum atomic E-state index is -5.65. The van der Waals surface area contributed by atoms with Crippen LogP contribution < -0.4 is 0 Å². The second kappa shape index (κ2) is 9.27. The number of ketones is 1. The van der Waals surface area contributed by atoms with Gasteiger partial charge in [-0.05, 0) is 22.9 Å².